The molecule has 0 aromatic carbocycles. The Morgan fingerprint density at radius 2 is 2.00 bits per heavy atom. The summed E-state index contributed by atoms with van der Waals surface area (Å²) < 4.78 is 5.56. The molecule has 0 bridgehead atoms. The minimum atomic E-state index is -0.0907. The van der Waals surface area contributed by atoms with Gasteiger partial charge in [0.25, 0.3) is 0 Å². The molecular formula is C12H20O2. The maximum absolute atomic E-state index is 11.2. The van der Waals surface area contributed by atoms with Gasteiger partial charge in [-0.2, -0.15) is 0 Å². The summed E-state index contributed by atoms with van der Waals surface area (Å²) in [5, 5.41) is 0. The van der Waals surface area contributed by atoms with Crippen LogP contribution in [-0.4, -0.2) is 11.6 Å². The van der Waals surface area contributed by atoms with Crippen molar-refractivity contribution in [3.63, 3.8) is 0 Å². The molecule has 2 heteroatoms. The number of ether oxygens (including phenoxy) is 1. The quantitative estimate of drug-likeness (QED) is 0.557. The lowest BCUT2D eigenvalue weighted by atomic mass is 9.65. The monoisotopic (exact) mass is 196 g/mol. The number of esters is 1. The Morgan fingerprint density at radius 1 is 1.29 bits per heavy atom. The summed E-state index contributed by atoms with van der Waals surface area (Å²) in [4.78, 5) is 11.2. The minimum absolute atomic E-state index is 0.0107. The van der Waals surface area contributed by atoms with Crippen LogP contribution in [0, 0.1) is 11.3 Å². The first-order valence-corrected chi connectivity index (χ1v) is 5.65. The van der Waals surface area contributed by atoms with Crippen LogP contribution in [0.25, 0.3) is 0 Å². The van der Waals surface area contributed by atoms with Gasteiger partial charge in [-0.25, -0.2) is 0 Å². The van der Waals surface area contributed by atoms with Gasteiger partial charge in [-0.1, -0.05) is 20.8 Å². The topological polar surface area (TPSA) is 26.3 Å². The number of carbonyl (C=O) groups excluding carboxylic acids is 1. The van der Waals surface area contributed by atoms with Crippen LogP contribution in [0.1, 0.15) is 52.9 Å². The second-order valence-electron chi connectivity index (χ2n) is 5.81. The van der Waals surface area contributed by atoms with Crippen LogP contribution in [0.2, 0.25) is 0 Å². The van der Waals surface area contributed by atoms with Crippen molar-refractivity contribution in [2.24, 2.45) is 11.3 Å². The number of rotatable bonds is 0. The molecule has 1 saturated heterocycles. The van der Waals surface area contributed by atoms with Crippen molar-refractivity contribution in [1.29, 1.82) is 0 Å². The van der Waals surface area contributed by atoms with Crippen LogP contribution in [0.15, 0.2) is 0 Å². The molecule has 0 N–H and O–H groups in total. The molecule has 0 aromatic heterocycles. The molecule has 2 unspecified atom stereocenters. The van der Waals surface area contributed by atoms with E-state index in [1.165, 1.54) is 12.8 Å². The lowest BCUT2D eigenvalue weighted by Crippen LogP contribution is -2.43. The van der Waals surface area contributed by atoms with E-state index >= 15 is 0 Å². The van der Waals surface area contributed by atoms with E-state index in [9.17, 15) is 4.79 Å². The van der Waals surface area contributed by atoms with Crippen molar-refractivity contribution >= 4 is 5.97 Å². The zero-order valence-corrected chi connectivity index (χ0v) is 9.43. The third kappa shape index (κ3) is 1.55. The predicted octanol–water partition coefficient (Wildman–Crippen LogP) is 2.91. The van der Waals surface area contributed by atoms with Crippen molar-refractivity contribution in [2.75, 3.05) is 0 Å². The molecular weight excluding hydrogens is 176 g/mol. The van der Waals surface area contributed by atoms with Gasteiger partial charge in [-0.15, -0.1) is 0 Å². The Labute approximate surface area is 86.0 Å². The molecule has 2 fully saturated rings. The van der Waals surface area contributed by atoms with Crippen LogP contribution < -0.4 is 0 Å². The first kappa shape index (κ1) is 10.0. The van der Waals surface area contributed by atoms with E-state index in [0.29, 0.717) is 17.8 Å². The molecule has 80 valence electrons. The summed E-state index contributed by atoms with van der Waals surface area (Å²) in [5.74, 6) is 0.536. The van der Waals surface area contributed by atoms with E-state index in [-0.39, 0.29) is 11.6 Å². The molecule has 0 radical (unpaired) electrons. The van der Waals surface area contributed by atoms with Gasteiger partial charge in [-0.3, -0.25) is 4.79 Å². The summed E-state index contributed by atoms with van der Waals surface area (Å²) in [6, 6.07) is 0. The van der Waals surface area contributed by atoms with Crippen LogP contribution in [-0.2, 0) is 9.53 Å². The molecule has 2 nitrogen and oxygen atoms in total. The molecule has 1 aliphatic heterocycles. The number of hydrogen-bond acceptors (Lipinski definition) is 2. The molecule has 2 rings (SSSR count). The van der Waals surface area contributed by atoms with Crippen LogP contribution in [0.3, 0.4) is 0 Å². The fourth-order valence-corrected chi connectivity index (χ4v) is 3.08. The third-order valence-electron chi connectivity index (χ3n) is 4.05. The maximum Gasteiger partial charge on any atom is 0.306 e. The number of hydrogen-bond donors (Lipinski definition) is 0. The van der Waals surface area contributed by atoms with Crippen LogP contribution in [0.4, 0.5) is 0 Å². The van der Waals surface area contributed by atoms with Crippen molar-refractivity contribution in [3.05, 3.63) is 0 Å². The predicted molar refractivity (Wildman–Crippen MR) is 54.9 cm³/mol. The van der Waals surface area contributed by atoms with Crippen molar-refractivity contribution in [1.82, 2.24) is 0 Å². The molecule has 1 saturated carbocycles. The molecule has 1 heterocycles. The Kier molecular flexibility index (Phi) is 2.13. The van der Waals surface area contributed by atoms with Crippen molar-refractivity contribution in [2.45, 2.75) is 58.5 Å². The fraction of sp³-hybridized carbons (Fsp3) is 0.917. The lowest BCUT2D eigenvalue weighted by Gasteiger charge is -2.45. The van der Waals surface area contributed by atoms with Gasteiger partial charge in [0.15, 0.2) is 0 Å². The average Bonchev–Trinajstić information content (AvgIpc) is 2.43. The fourth-order valence-electron chi connectivity index (χ4n) is 3.08. The van der Waals surface area contributed by atoms with E-state index in [1.807, 2.05) is 0 Å². The largest absolute Gasteiger partial charge is 0.459 e. The van der Waals surface area contributed by atoms with Gasteiger partial charge in [0.1, 0.15) is 5.60 Å². The van der Waals surface area contributed by atoms with E-state index in [2.05, 4.69) is 20.8 Å². The van der Waals surface area contributed by atoms with Crippen LogP contribution >= 0.6 is 0 Å². The molecule has 1 spiro atoms. The summed E-state index contributed by atoms with van der Waals surface area (Å²) >= 11 is 0. The summed E-state index contributed by atoms with van der Waals surface area (Å²) in [5.41, 5.74) is 0.340. The highest BCUT2D eigenvalue weighted by molar-refractivity contribution is 5.72. The highest BCUT2D eigenvalue weighted by Crippen LogP contribution is 2.49. The SMILES string of the molecule is CC1CC(C)(C)CCC12CCC(=O)O2. The first-order valence-electron chi connectivity index (χ1n) is 5.65. The van der Waals surface area contributed by atoms with E-state index in [0.717, 1.165) is 12.8 Å². The van der Waals surface area contributed by atoms with Gasteiger partial charge in [0.05, 0.1) is 0 Å². The van der Waals surface area contributed by atoms with Gasteiger partial charge in [0, 0.05) is 6.42 Å². The normalized spacial score (nSPS) is 41.4. The zero-order valence-electron chi connectivity index (χ0n) is 9.43. The van der Waals surface area contributed by atoms with Crippen LogP contribution in [0.5, 0.6) is 0 Å². The average molecular weight is 196 g/mol. The smallest absolute Gasteiger partial charge is 0.306 e. The van der Waals surface area contributed by atoms with E-state index in [4.69, 9.17) is 4.74 Å². The lowest BCUT2D eigenvalue weighted by molar-refractivity contribution is -0.158. The zero-order chi connectivity index (χ0) is 10.4. The van der Waals surface area contributed by atoms with Crippen molar-refractivity contribution in [3.8, 4) is 0 Å². The van der Waals surface area contributed by atoms with Gasteiger partial charge in [0.2, 0.25) is 0 Å². The summed E-state index contributed by atoms with van der Waals surface area (Å²) in [6.07, 6.45) is 5.01. The highest BCUT2D eigenvalue weighted by Gasteiger charge is 2.49. The Balaban J connectivity index is 2.12. The molecule has 0 amide bonds. The Hall–Kier alpha value is -0.530. The third-order valence-corrected chi connectivity index (χ3v) is 4.05. The Bertz CT molecular complexity index is 257. The molecule has 0 aromatic rings. The Morgan fingerprint density at radius 3 is 2.50 bits per heavy atom. The first-order chi connectivity index (χ1) is 6.44. The second kappa shape index (κ2) is 2.98. The van der Waals surface area contributed by atoms with Gasteiger partial charge in [-0.05, 0) is 37.0 Å². The molecule has 2 aliphatic rings. The molecule has 1 aliphatic carbocycles. The van der Waals surface area contributed by atoms with Gasteiger partial charge >= 0.3 is 5.97 Å². The van der Waals surface area contributed by atoms with Crippen molar-refractivity contribution < 1.29 is 9.53 Å². The number of carbonyl (C=O) groups is 1. The van der Waals surface area contributed by atoms with Gasteiger partial charge < -0.3 is 4.74 Å². The summed E-state index contributed by atoms with van der Waals surface area (Å²) in [6.45, 7) is 6.86. The minimum Gasteiger partial charge on any atom is -0.459 e. The summed E-state index contributed by atoms with van der Waals surface area (Å²) in [7, 11) is 0. The standard InChI is InChI=1S/C12H20O2/c1-9-8-11(2,3)6-7-12(9)5-4-10(13)14-12/h9H,4-8H2,1-3H3. The van der Waals surface area contributed by atoms with E-state index in [1.54, 1.807) is 0 Å². The maximum atomic E-state index is 11.2. The second-order valence-corrected chi connectivity index (χ2v) is 5.81. The molecule has 14 heavy (non-hydrogen) atoms. The highest BCUT2D eigenvalue weighted by atomic mass is 16.6. The van der Waals surface area contributed by atoms with E-state index < -0.39 is 0 Å². The molecule has 2 atom stereocenters.